The van der Waals surface area contributed by atoms with Crippen LogP contribution >= 0.6 is 0 Å². The van der Waals surface area contributed by atoms with Crippen molar-refractivity contribution in [2.45, 2.75) is 6.92 Å². The summed E-state index contributed by atoms with van der Waals surface area (Å²) in [5, 5.41) is 8.65. The molecule has 0 aliphatic carbocycles. The summed E-state index contributed by atoms with van der Waals surface area (Å²) in [7, 11) is 0. The van der Waals surface area contributed by atoms with E-state index in [1.807, 2.05) is 0 Å². The van der Waals surface area contributed by atoms with Gasteiger partial charge < -0.3 is 15.7 Å². The highest BCUT2D eigenvalue weighted by Crippen LogP contribution is 2.13. The third-order valence-electron chi connectivity index (χ3n) is 1.35. The summed E-state index contributed by atoms with van der Waals surface area (Å²) in [5.41, 5.74) is 3.87. The number of aliphatic hydroxyl groups is 1. The van der Waals surface area contributed by atoms with Gasteiger partial charge in [-0.25, -0.2) is 5.90 Å². The van der Waals surface area contributed by atoms with Crippen LogP contribution in [-0.4, -0.2) is 24.2 Å². The summed E-state index contributed by atoms with van der Waals surface area (Å²) >= 11 is 0. The summed E-state index contributed by atoms with van der Waals surface area (Å²) in [6.07, 6.45) is 0. The Kier molecular flexibility index (Phi) is 3.27. The fraction of sp³-hybridized carbons (Fsp3) is 0.800. The lowest BCUT2D eigenvalue weighted by Gasteiger charge is -2.20. The van der Waals surface area contributed by atoms with Crippen molar-refractivity contribution in [2.24, 2.45) is 17.0 Å². The average molecular weight is 148 g/mol. The molecule has 0 aromatic carbocycles. The van der Waals surface area contributed by atoms with Crippen molar-refractivity contribution in [2.75, 3.05) is 13.2 Å². The van der Waals surface area contributed by atoms with Crippen molar-refractivity contribution in [3.8, 4) is 0 Å². The van der Waals surface area contributed by atoms with E-state index in [0.29, 0.717) is 0 Å². The summed E-state index contributed by atoms with van der Waals surface area (Å²) in [6.45, 7) is 1.04. The molecular weight excluding hydrogens is 136 g/mol. The van der Waals surface area contributed by atoms with Crippen molar-refractivity contribution in [1.82, 2.24) is 0 Å². The molecule has 0 bridgehead atoms. The normalized spacial score (nSPS) is 16.3. The first-order valence-electron chi connectivity index (χ1n) is 2.79. The van der Waals surface area contributed by atoms with Gasteiger partial charge in [-0.3, -0.25) is 4.79 Å². The molecule has 0 saturated carbocycles. The lowest BCUT2D eigenvalue weighted by molar-refractivity contribution is -0.133. The SMILES string of the molecule is CC(CO)(CON)C(N)=O. The van der Waals surface area contributed by atoms with E-state index < -0.39 is 11.3 Å². The first-order chi connectivity index (χ1) is 4.56. The second-order valence-electron chi connectivity index (χ2n) is 2.39. The highest BCUT2D eigenvalue weighted by molar-refractivity contribution is 5.80. The molecule has 60 valence electrons. The molecule has 0 aromatic heterocycles. The van der Waals surface area contributed by atoms with Crippen LogP contribution in [0.25, 0.3) is 0 Å². The van der Waals surface area contributed by atoms with Gasteiger partial charge in [0.05, 0.1) is 18.6 Å². The zero-order chi connectivity index (χ0) is 8.20. The summed E-state index contributed by atoms with van der Waals surface area (Å²) < 4.78 is 0. The Bertz CT molecular complexity index is 128. The molecule has 5 N–H and O–H groups in total. The molecule has 10 heavy (non-hydrogen) atoms. The summed E-state index contributed by atoms with van der Waals surface area (Å²) in [4.78, 5) is 14.8. The van der Waals surface area contributed by atoms with E-state index in [9.17, 15) is 4.79 Å². The van der Waals surface area contributed by atoms with Crippen LogP contribution in [0.4, 0.5) is 0 Å². The molecule has 0 fully saturated rings. The monoisotopic (exact) mass is 148 g/mol. The van der Waals surface area contributed by atoms with E-state index >= 15 is 0 Å². The Balaban J connectivity index is 4.08. The molecule has 1 amide bonds. The van der Waals surface area contributed by atoms with E-state index in [0.717, 1.165) is 0 Å². The van der Waals surface area contributed by atoms with Crippen molar-refractivity contribution in [3.63, 3.8) is 0 Å². The molecule has 0 saturated heterocycles. The van der Waals surface area contributed by atoms with Gasteiger partial charge in [0.2, 0.25) is 5.91 Å². The zero-order valence-electron chi connectivity index (χ0n) is 5.83. The highest BCUT2D eigenvalue weighted by atomic mass is 16.6. The molecule has 0 aliphatic rings. The molecule has 0 spiro atoms. The zero-order valence-corrected chi connectivity index (χ0v) is 5.83. The average Bonchev–Trinajstić information content (AvgIpc) is 1.88. The number of nitrogens with two attached hydrogens (primary N) is 2. The minimum atomic E-state index is -1.06. The van der Waals surface area contributed by atoms with Crippen LogP contribution in [0.1, 0.15) is 6.92 Å². The van der Waals surface area contributed by atoms with Gasteiger partial charge >= 0.3 is 0 Å². The van der Waals surface area contributed by atoms with Crippen molar-refractivity contribution >= 4 is 5.91 Å². The van der Waals surface area contributed by atoms with Crippen LogP contribution in [0.5, 0.6) is 0 Å². The molecule has 5 nitrogen and oxygen atoms in total. The fourth-order valence-electron chi connectivity index (χ4n) is 0.379. The van der Waals surface area contributed by atoms with Gasteiger partial charge in [-0.15, -0.1) is 0 Å². The molecule has 1 unspecified atom stereocenters. The number of primary amides is 1. The predicted molar refractivity (Wildman–Crippen MR) is 34.5 cm³/mol. The van der Waals surface area contributed by atoms with E-state index in [-0.39, 0.29) is 13.2 Å². The van der Waals surface area contributed by atoms with Crippen LogP contribution in [0.15, 0.2) is 0 Å². The van der Waals surface area contributed by atoms with E-state index in [4.69, 9.17) is 16.7 Å². The first kappa shape index (κ1) is 9.35. The number of carbonyl (C=O) groups excluding carboxylic acids is 1. The van der Waals surface area contributed by atoms with Gasteiger partial charge in [0.25, 0.3) is 0 Å². The van der Waals surface area contributed by atoms with Crippen LogP contribution in [-0.2, 0) is 9.63 Å². The largest absolute Gasteiger partial charge is 0.395 e. The molecule has 0 heterocycles. The van der Waals surface area contributed by atoms with Gasteiger partial charge in [0, 0.05) is 0 Å². The van der Waals surface area contributed by atoms with Crippen LogP contribution in [0, 0.1) is 5.41 Å². The Hall–Kier alpha value is -0.650. The second-order valence-corrected chi connectivity index (χ2v) is 2.39. The predicted octanol–water partition coefficient (Wildman–Crippen LogP) is -1.64. The molecule has 5 heteroatoms. The molecular formula is C5H12N2O3. The maximum atomic E-state index is 10.6. The standard InChI is InChI=1S/C5H12N2O3/c1-5(2-8,3-10-7)4(6)9/h8H,2-3,7H2,1H3,(H2,6,9). The maximum Gasteiger partial charge on any atom is 0.228 e. The van der Waals surface area contributed by atoms with E-state index in [1.54, 1.807) is 0 Å². The van der Waals surface area contributed by atoms with E-state index in [2.05, 4.69) is 4.84 Å². The quantitative estimate of drug-likeness (QED) is 0.416. The topological polar surface area (TPSA) is 98.6 Å². The first-order valence-corrected chi connectivity index (χ1v) is 2.79. The molecule has 1 atom stereocenters. The fourth-order valence-corrected chi connectivity index (χ4v) is 0.379. The second kappa shape index (κ2) is 3.50. The van der Waals surface area contributed by atoms with E-state index in [1.165, 1.54) is 6.92 Å². The highest BCUT2D eigenvalue weighted by Gasteiger charge is 2.30. The molecule has 0 radical (unpaired) electrons. The van der Waals surface area contributed by atoms with Gasteiger partial charge in [-0.1, -0.05) is 0 Å². The van der Waals surface area contributed by atoms with Gasteiger partial charge in [0.1, 0.15) is 0 Å². The number of carbonyl (C=O) groups is 1. The third-order valence-corrected chi connectivity index (χ3v) is 1.35. The van der Waals surface area contributed by atoms with Crippen molar-refractivity contribution in [3.05, 3.63) is 0 Å². The molecule has 0 aliphatic heterocycles. The summed E-state index contributed by atoms with van der Waals surface area (Å²) in [5.74, 6) is 4.08. The lowest BCUT2D eigenvalue weighted by Crippen LogP contribution is -2.42. The lowest BCUT2D eigenvalue weighted by atomic mass is 9.92. The Morgan fingerprint density at radius 1 is 1.80 bits per heavy atom. The smallest absolute Gasteiger partial charge is 0.228 e. The number of hydrogen-bond donors (Lipinski definition) is 3. The molecule has 0 aromatic rings. The van der Waals surface area contributed by atoms with Crippen molar-refractivity contribution < 1.29 is 14.7 Å². The minimum absolute atomic E-state index is 0.0706. The number of rotatable bonds is 4. The van der Waals surface area contributed by atoms with Crippen LogP contribution < -0.4 is 11.6 Å². The number of hydrogen-bond acceptors (Lipinski definition) is 4. The van der Waals surface area contributed by atoms with Crippen LogP contribution in [0.3, 0.4) is 0 Å². The Morgan fingerprint density at radius 3 is 2.40 bits per heavy atom. The van der Waals surface area contributed by atoms with Crippen molar-refractivity contribution in [1.29, 1.82) is 0 Å². The number of aliphatic hydroxyl groups excluding tert-OH is 1. The van der Waals surface area contributed by atoms with Gasteiger partial charge in [-0.2, -0.15) is 0 Å². The minimum Gasteiger partial charge on any atom is -0.395 e. The Morgan fingerprint density at radius 2 is 2.30 bits per heavy atom. The van der Waals surface area contributed by atoms with Gasteiger partial charge in [-0.05, 0) is 6.92 Å². The third kappa shape index (κ3) is 1.94. The summed E-state index contributed by atoms with van der Waals surface area (Å²) in [6, 6.07) is 0. The maximum absolute atomic E-state index is 10.6. The molecule has 0 rings (SSSR count). The number of amides is 1. The van der Waals surface area contributed by atoms with Gasteiger partial charge in [0.15, 0.2) is 0 Å². The van der Waals surface area contributed by atoms with Crippen LogP contribution in [0.2, 0.25) is 0 Å². The Labute approximate surface area is 58.9 Å².